The average Bonchev–Trinajstić information content (AvgIpc) is 2.62. The summed E-state index contributed by atoms with van der Waals surface area (Å²) < 4.78 is 0. The molecule has 3 N–H and O–H groups in total. The number of amides is 2. The van der Waals surface area contributed by atoms with Crippen molar-refractivity contribution < 1.29 is 4.79 Å². The first kappa shape index (κ1) is 16.1. The summed E-state index contributed by atoms with van der Waals surface area (Å²) in [5.74, 6) is 0. The molecule has 0 fully saturated rings. The molecule has 24 heavy (non-hydrogen) atoms. The van der Waals surface area contributed by atoms with E-state index in [9.17, 15) is 4.79 Å². The minimum Gasteiger partial charge on any atom is -0.352 e. The van der Waals surface area contributed by atoms with Gasteiger partial charge in [-0.1, -0.05) is 90.5 Å². The maximum Gasteiger partial charge on any atom is 0.313 e. The van der Waals surface area contributed by atoms with Crippen LogP contribution < -0.4 is 11.1 Å². The Morgan fingerprint density at radius 1 is 0.792 bits per heavy atom. The molecule has 0 atom stereocenters. The van der Waals surface area contributed by atoms with Crippen molar-refractivity contribution in [2.24, 2.45) is 5.73 Å². The van der Waals surface area contributed by atoms with Crippen molar-refractivity contribution >= 4 is 17.6 Å². The number of carbonyl (C=O) groups is 1. The van der Waals surface area contributed by atoms with E-state index in [1.54, 1.807) is 6.07 Å². The Labute approximate surface area is 146 Å². The number of benzene rings is 3. The first-order valence-corrected chi connectivity index (χ1v) is 7.96. The lowest BCUT2D eigenvalue weighted by Crippen LogP contribution is -2.50. The van der Waals surface area contributed by atoms with Gasteiger partial charge in [0.15, 0.2) is 0 Å². The lowest BCUT2D eigenvalue weighted by Gasteiger charge is -2.36. The predicted octanol–water partition coefficient (Wildman–Crippen LogP) is 4.30. The van der Waals surface area contributed by atoms with Crippen molar-refractivity contribution in [1.82, 2.24) is 5.32 Å². The van der Waals surface area contributed by atoms with Crippen molar-refractivity contribution in [1.29, 1.82) is 0 Å². The van der Waals surface area contributed by atoms with Crippen molar-refractivity contribution in [3.05, 3.63) is 107 Å². The number of nitrogens with two attached hydrogens (primary N) is 1. The van der Waals surface area contributed by atoms with Gasteiger partial charge in [-0.2, -0.15) is 0 Å². The summed E-state index contributed by atoms with van der Waals surface area (Å²) >= 11 is 6.50. The van der Waals surface area contributed by atoms with E-state index in [4.69, 9.17) is 17.3 Å². The molecule has 0 bridgehead atoms. The quantitative estimate of drug-likeness (QED) is 0.686. The molecule has 4 heteroatoms. The molecule has 3 nitrogen and oxygen atoms in total. The molecule has 3 rings (SSSR count). The number of urea groups is 1. The Morgan fingerprint density at radius 3 is 1.71 bits per heavy atom. The standard InChI is InChI=1S/C20H17ClN2O/c21-18-14-8-7-13-17(18)20(23-19(22)24,15-9-3-1-4-10-15)16-11-5-2-6-12-16/h1-14H,(H3,22,23,24). The van der Waals surface area contributed by atoms with Crippen LogP contribution in [0.4, 0.5) is 4.79 Å². The highest BCUT2D eigenvalue weighted by molar-refractivity contribution is 6.31. The second-order valence-electron chi connectivity index (χ2n) is 5.45. The topological polar surface area (TPSA) is 55.1 Å². The smallest absolute Gasteiger partial charge is 0.313 e. The molecule has 2 amide bonds. The predicted molar refractivity (Wildman–Crippen MR) is 96.9 cm³/mol. The van der Waals surface area contributed by atoms with E-state index in [1.165, 1.54) is 0 Å². The summed E-state index contributed by atoms with van der Waals surface area (Å²) in [6.07, 6.45) is 0. The Bertz CT molecular complexity index is 795. The molecule has 0 saturated heterocycles. The molecule has 3 aromatic rings. The van der Waals surface area contributed by atoms with Gasteiger partial charge < -0.3 is 11.1 Å². The second kappa shape index (κ2) is 6.77. The number of halogens is 1. The minimum absolute atomic E-state index is 0.555. The highest BCUT2D eigenvalue weighted by Gasteiger charge is 2.38. The van der Waals surface area contributed by atoms with Gasteiger partial charge in [0, 0.05) is 10.6 Å². The monoisotopic (exact) mass is 336 g/mol. The van der Waals surface area contributed by atoms with E-state index in [2.05, 4.69) is 5.32 Å². The lowest BCUT2D eigenvalue weighted by atomic mass is 9.77. The Kier molecular flexibility index (Phi) is 4.54. The van der Waals surface area contributed by atoms with E-state index in [0.29, 0.717) is 5.02 Å². The number of hydrogen-bond donors (Lipinski definition) is 2. The van der Waals surface area contributed by atoms with Gasteiger partial charge >= 0.3 is 6.03 Å². The zero-order valence-corrected chi connectivity index (χ0v) is 13.7. The maximum atomic E-state index is 11.9. The van der Waals surface area contributed by atoms with Gasteiger partial charge in [-0.05, 0) is 17.2 Å². The SMILES string of the molecule is NC(=O)NC(c1ccccc1)(c1ccccc1)c1ccccc1Cl. The van der Waals surface area contributed by atoms with Gasteiger partial charge in [0.1, 0.15) is 5.54 Å². The van der Waals surface area contributed by atoms with Crippen molar-refractivity contribution in [2.75, 3.05) is 0 Å². The summed E-state index contributed by atoms with van der Waals surface area (Å²) in [5, 5.41) is 3.49. The highest BCUT2D eigenvalue weighted by atomic mass is 35.5. The first-order chi connectivity index (χ1) is 11.6. The summed E-state index contributed by atoms with van der Waals surface area (Å²) in [6.45, 7) is 0. The number of carbonyl (C=O) groups excluding carboxylic acids is 1. The van der Waals surface area contributed by atoms with Gasteiger partial charge in [-0.25, -0.2) is 4.79 Å². The van der Waals surface area contributed by atoms with Crippen LogP contribution in [0, 0.1) is 0 Å². The zero-order chi connectivity index (χ0) is 17.0. The van der Waals surface area contributed by atoms with Crippen LogP contribution in [-0.2, 0) is 5.54 Å². The van der Waals surface area contributed by atoms with Gasteiger partial charge in [0.05, 0.1) is 0 Å². The fourth-order valence-corrected chi connectivity index (χ4v) is 3.29. The molecule has 0 saturated carbocycles. The van der Waals surface area contributed by atoms with Crippen LogP contribution in [0.15, 0.2) is 84.9 Å². The van der Waals surface area contributed by atoms with Gasteiger partial charge in [0.25, 0.3) is 0 Å². The van der Waals surface area contributed by atoms with Gasteiger partial charge in [0.2, 0.25) is 0 Å². The molecule has 0 aliphatic rings. The van der Waals surface area contributed by atoms with Crippen LogP contribution in [0.3, 0.4) is 0 Å². The summed E-state index contributed by atoms with van der Waals surface area (Å²) in [7, 11) is 0. The molecule has 0 aliphatic heterocycles. The van der Waals surface area contributed by atoms with Crippen LogP contribution >= 0.6 is 11.6 Å². The Balaban J connectivity index is 2.38. The van der Waals surface area contributed by atoms with Crippen LogP contribution in [-0.4, -0.2) is 6.03 Å². The lowest BCUT2D eigenvalue weighted by molar-refractivity contribution is 0.242. The van der Waals surface area contributed by atoms with E-state index in [-0.39, 0.29) is 0 Å². The average molecular weight is 337 g/mol. The van der Waals surface area contributed by atoms with Crippen LogP contribution in [0.2, 0.25) is 5.02 Å². The third-order valence-electron chi connectivity index (χ3n) is 4.00. The fraction of sp³-hybridized carbons (Fsp3) is 0.0500. The number of rotatable bonds is 4. The fourth-order valence-electron chi connectivity index (χ4n) is 3.02. The molecule has 120 valence electrons. The van der Waals surface area contributed by atoms with E-state index >= 15 is 0 Å². The van der Waals surface area contributed by atoms with Gasteiger partial charge in [-0.15, -0.1) is 0 Å². The molecule has 0 spiro atoms. The highest BCUT2D eigenvalue weighted by Crippen LogP contribution is 2.39. The van der Waals surface area contributed by atoms with Crippen molar-refractivity contribution in [3.63, 3.8) is 0 Å². The summed E-state index contributed by atoms with van der Waals surface area (Å²) in [6, 6.07) is 26.2. The molecule has 0 aromatic heterocycles. The van der Waals surface area contributed by atoms with Crippen molar-refractivity contribution in [2.45, 2.75) is 5.54 Å². The molecule has 0 heterocycles. The largest absolute Gasteiger partial charge is 0.352 e. The molecule has 3 aromatic carbocycles. The van der Waals surface area contributed by atoms with E-state index in [0.717, 1.165) is 16.7 Å². The summed E-state index contributed by atoms with van der Waals surface area (Å²) in [5.41, 5.74) is 7.10. The van der Waals surface area contributed by atoms with Crippen LogP contribution in [0.5, 0.6) is 0 Å². The normalized spacial score (nSPS) is 11.0. The molecular formula is C20H17ClN2O. The summed E-state index contributed by atoms with van der Waals surface area (Å²) in [4.78, 5) is 11.9. The molecular weight excluding hydrogens is 320 g/mol. The Hall–Kier alpha value is -2.78. The van der Waals surface area contributed by atoms with Crippen LogP contribution in [0.1, 0.15) is 16.7 Å². The van der Waals surface area contributed by atoms with E-state index < -0.39 is 11.6 Å². The third kappa shape index (κ3) is 2.86. The third-order valence-corrected chi connectivity index (χ3v) is 4.33. The molecule has 0 radical (unpaired) electrons. The maximum absolute atomic E-state index is 11.9. The first-order valence-electron chi connectivity index (χ1n) is 7.58. The van der Waals surface area contributed by atoms with Gasteiger partial charge in [-0.3, -0.25) is 0 Å². The molecule has 0 aliphatic carbocycles. The number of nitrogens with one attached hydrogen (secondary N) is 1. The minimum atomic E-state index is -0.966. The van der Waals surface area contributed by atoms with Crippen molar-refractivity contribution in [3.8, 4) is 0 Å². The molecule has 0 unspecified atom stereocenters. The zero-order valence-electron chi connectivity index (χ0n) is 12.9. The number of hydrogen-bond acceptors (Lipinski definition) is 1. The van der Waals surface area contributed by atoms with E-state index in [1.807, 2.05) is 78.9 Å². The number of primary amides is 1. The second-order valence-corrected chi connectivity index (χ2v) is 5.86. The Morgan fingerprint density at radius 2 is 1.25 bits per heavy atom. The van der Waals surface area contributed by atoms with Crippen LogP contribution in [0.25, 0.3) is 0 Å².